The van der Waals surface area contributed by atoms with Gasteiger partial charge in [0.05, 0.1) is 0 Å². The van der Waals surface area contributed by atoms with Crippen LogP contribution in [-0.2, 0) is 6.42 Å². The Labute approximate surface area is 106 Å². The molecule has 0 bridgehead atoms. The van der Waals surface area contributed by atoms with Crippen molar-refractivity contribution in [3.8, 4) is 0 Å². The van der Waals surface area contributed by atoms with E-state index in [1.54, 1.807) is 0 Å². The molecule has 0 amide bonds. The summed E-state index contributed by atoms with van der Waals surface area (Å²) in [4.78, 5) is 4.13. The van der Waals surface area contributed by atoms with E-state index in [1.165, 1.54) is 5.56 Å². The Morgan fingerprint density at radius 2 is 1.88 bits per heavy atom. The third-order valence-electron chi connectivity index (χ3n) is 3.41. The van der Waals surface area contributed by atoms with Gasteiger partial charge in [-0.05, 0) is 48.9 Å². The van der Waals surface area contributed by atoms with Crippen LogP contribution in [0.25, 0.3) is 0 Å². The van der Waals surface area contributed by atoms with E-state index in [0.717, 1.165) is 37.3 Å². The zero-order valence-corrected chi connectivity index (χ0v) is 11.6. The predicted octanol–water partition coefficient (Wildman–Crippen LogP) is 3.14. The molecule has 1 rings (SSSR count). The topological polar surface area (TPSA) is 24.9 Å². The standard InChI is InChI=1S/C15H26N2/c1-12(2)15(13(3)4)11-17-9-7-14-6-5-8-16-10-14/h5-6,8,10,12-13,15,17H,7,9,11H2,1-4H3. The Balaban J connectivity index is 2.23. The van der Waals surface area contributed by atoms with Gasteiger partial charge in [-0.2, -0.15) is 0 Å². The molecular formula is C15H26N2. The molecule has 0 aliphatic rings. The van der Waals surface area contributed by atoms with Gasteiger partial charge >= 0.3 is 0 Å². The maximum absolute atomic E-state index is 4.13. The molecule has 17 heavy (non-hydrogen) atoms. The van der Waals surface area contributed by atoms with Crippen LogP contribution in [0.1, 0.15) is 33.3 Å². The van der Waals surface area contributed by atoms with Crippen molar-refractivity contribution in [2.24, 2.45) is 17.8 Å². The lowest BCUT2D eigenvalue weighted by atomic mass is 9.85. The van der Waals surface area contributed by atoms with Crippen LogP contribution in [0.5, 0.6) is 0 Å². The molecule has 0 aliphatic carbocycles. The van der Waals surface area contributed by atoms with Crippen LogP contribution >= 0.6 is 0 Å². The van der Waals surface area contributed by atoms with Crippen LogP contribution in [0.15, 0.2) is 24.5 Å². The molecule has 2 nitrogen and oxygen atoms in total. The van der Waals surface area contributed by atoms with Crippen molar-refractivity contribution >= 4 is 0 Å². The molecule has 1 N–H and O–H groups in total. The van der Waals surface area contributed by atoms with E-state index in [1.807, 2.05) is 18.5 Å². The lowest BCUT2D eigenvalue weighted by Gasteiger charge is -2.25. The second kappa shape index (κ2) is 7.44. The van der Waals surface area contributed by atoms with Crippen molar-refractivity contribution in [2.75, 3.05) is 13.1 Å². The van der Waals surface area contributed by atoms with Crippen LogP contribution in [-0.4, -0.2) is 18.1 Å². The highest BCUT2D eigenvalue weighted by Gasteiger charge is 2.16. The van der Waals surface area contributed by atoms with Gasteiger partial charge in [-0.1, -0.05) is 33.8 Å². The lowest BCUT2D eigenvalue weighted by molar-refractivity contribution is 0.277. The van der Waals surface area contributed by atoms with Gasteiger partial charge in [0.2, 0.25) is 0 Å². The normalized spacial score (nSPS) is 11.7. The van der Waals surface area contributed by atoms with E-state index in [4.69, 9.17) is 0 Å². The van der Waals surface area contributed by atoms with Gasteiger partial charge < -0.3 is 5.32 Å². The van der Waals surface area contributed by atoms with Gasteiger partial charge in [0, 0.05) is 12.4 Å². The summed E-state index contributed by atoms with van der Waals surface area (Å²) in [6.45, 7) is 11.4. The molecule has 0 spiro atoms. The lowest BCUT2D eigenvalue weighted by Crippen LogP contribution is -2.31. The van der Waals surface area contributed by atoms with Crippen LogP contribution in [0.2, 0.25) is 0 Å². The Bertz CT molecular complexity index is 285. The second-order valence-electron chi connectivity index (χ2n) is 5.47. The molecule has 96 valence electrons. The molecule has 1 heterocycles. The van der Waals surface area contributed by atoms with Crippen molar-refractivity contribution in [1.82, 2.24) is 10.3 Å². The summed E-state index contributed by atoms with van der Waals surface area (Å²) in [5, 5.41) is 3.57. The maximum atomic E-state index is 4.13. The average Bonchev–Trinajstić information content (AvgIpc) is 2.29. The van der Waals surface area contributed by atoms with Crippen molar-refractivity contribution in [3.05, 3.63) is 30.1 Å². The molecule has 0 unspecified atom stereocenters. The SMILES string of the molecule is CC(C)C(CNCCc1cccnc1)C(C)C. The first-order chi connectivity index (χ1) is 8.11. The Morgan fingerprint density at radius 3 is 2.41 bits per heavy atom. The predicted molar refractivity (Wildman–Crippen MR) is 74.0 cm³/mol. The molecule has 0 atom stereocenters. The Hall–Kier alpha value is -0.890. The fourth-order valence-electron chi connectivity index (χ4n) is 2.29. The maximum Gasteiger partial charge on any atom is 0.0300 e. The first-order valence-electron chi connectivity index (χ1n) is 6.71. The average molecular weight is 234 g/mol. The summed E-state index contributed by atoms with van der Waals surface area (Å²) in [7, 11) is 0. The fraction of sp³-hybridized carbons (Fsp3) is 0.667. The van der Waals surface area contributed by atoms with Crippen molar-refractivity contribution in [2.45, 2.75) is 34.1 Å². The van der Waals surface area contributed by atoms with Crippen molar-refractivity contribution in [3.63, 3.8) is 0 Å². The summed E-state index contributed by atoms with van der Waals surface area (Å²) in [6.07, 6.45) is 4.84. The van der Waals surface area contributed by atoms with Gasteiger partial charge in [-0.15, -0.1) is 0 Å². The molecule has 2 heteroatoms. The summed E-state index contributed by atoms with van der Waals surface area (Å²) in [5.41, 5.74) is 1.31. The Kier molecular flexibility index (Phi) is 6.20. The Morgan fingerprint density at radius 1 is 1.18 bits per heavy atom. The molecule has 0 aromatic carbocycles. The van der Waals surface area contributed by atoms with Gasteiger partial charge in [0.25, 0.3) is 0 Å². The highest BCUT2D eigenvalue weighted by molar-refractivity contribution is 5.08. The van der Waals surface area contributed by atoms with E-state index in [2.05, 4.69) is 44.1 Å². The molecule has 0 aliphatic heterocycles. The minimum Gasteiger partial charge on any atom is -0.316 e. The van der Waals surface area contributed by atoms with Gasteiger partial charge in [-0.3, -0.25) is 4.98 Å². The van der Waals surface area contributed by atoms with Gasteiger partial charge in [0.15, 0.2) is 0 Å². The number of hydrogen-bond donors (Lipinski definition) is 1. The molecule has 1 aromatic heterocycles. The molecule has 0 radical (unpaired) electrons. The smallest absolute Gasteiger partial charge is 0.0300 e. The second-order valence-corrected chi connectivity index (χ2v) is 5.47. The van der Waals surface area contributed by atoms with Crippen LogP contribution in [0, 0.1) is 17.8 Å². The van der Waals surface area contributed by atoms with Gasteiger partial charge in [0.1, 0.15) is 0 Å². The number of nitrogens with one attached hydrogen (secondary N) is 1. The number of hydrogen-bond acceptors (Lipinski definition) is 2. The van der Waals surface area contributed by atoms with E-state index in [0.29, 0.717) is 0 Å². The van der Waals surface area contributed by atoms with Crippen molar-refractivity contribution in [1.29, 1.82) is 0 Å². The van der Waals surface area contributed by atoms with Crippen LogP contribution in [0.4, 0.5) is 0 Å². The third kappa shape index (κ3) is 5.31. The first kappa shape index (κ1) is 14.2. The van der Waals surface area contributed by atoms with Crippen LogP contribution < -0.4 is 5.32 Å². The van der Waals surface area contributed by atoms with E-state index in [-0.39, 0.29) is 0 Å². The van der Waals surface area contributed by atoms with Gasteiger partial charge in [-0.25, -0.2) is 0 Å². The largest absolute Gasteiger partial charge is 0.316 e. The zero-order valence-electron chi connectivity index (χ0n) is 11.6. The molecule has 0 fully saturated rings. The van der Waals surface area contributed by atoms with E-state index in [9.17, 15) is 0 Å². The number of aromatic nitrogens is 1. The first-order valence-corrected chi connectivity index (χ1v) is 6.71. The summed E-state index contributed by atoms with van der Waals surface area (Å²) in [5.74, 6) is 2.27. The molecule has 1 aromatic rings. The summed E-state index contributed by atoms with van der Waals surface area (Å²) < 4.78 is 0. The quantitative estimate of drug-likeness (QED) is 0.733. The molecule has 0 saturated heterocycles. The highest BCUT2D eigenvalue weighted by Crippen LogP contribution is 2.19. The zero-order chi connectivity index (χ0) is 12.7. The number of nitrogens with zero attached hydrogens (tertiary/aromatic N) is 1. The summed E-state index contributed by atoms with van der Waals surface area (Å²) >= 11 is 0. The minimum absolute atomic E-state index is 0.751. The monoisotopic (exact) mass is 234 g/mol. The fourth-order valence-corrected chi connectivity index (χ4v) is 2.29. The minimum atomic E-state index is 0.751. The van der Waals surface area contributed by atoms with E-state index >= 15 is 0 Å². The third-order valence-corrected chi connectivity index (χ3v) is 3.41. The van der Waals surface area contributed by atoms with Crippen LogP contribution in [0.3, 0.4) is 0 Å². The number of pyridine rings is 1. The van der Waals surface area contributed by atoms with Crippen molar-refractivity contribution < 1.29 is 0 Å². The molecular weight excluding hydrogens is 208 g/mol. The number of rotatable bonds is 7. The summed E-state index contributed by atoms with van der Waals surface area (Å²) in [6, 6.07) is 4.14. The highest BCUT2D eigenvalue weighted by atomic mass is 14.9. The van der Waals surface area contributed by atoms with E-state index < -0.39 is 0 Å². The molecule has 0 saturated carbocycles.